The van der Waals surface area contributed by atoms with Gasteiger partial charge in [-0.2, -0.15) is 0 Å². The molecule has 4 rings (SSSR count). The highest BCUT2D eigenvalue weighted by Crippen LogP contribution is 2.33. The number of allylic oxidation sites excluding steroid dienone is 16. The van der Waals surface area contributed by atoms with Crippen LogP contribution in [0.25, 0.3) is 0 Å². The Morgan fingerprint density at radius 1 is 0.333 bits per heavy atom. The van der Waals surface area contributed by atoms with E-state index in [0.717, 1.165) is 22.6 Å². The Morgan fingerprint density at radius 2 is 0.500 bits per heavy atom. The molecule has 0 heterocycles. The first-order valence-electron chi connectivity index (χ1n) is 8.00. The molecule has 0 atom stereocenters. The van der Waals surface area contributed by atoms with Gasteiger partial charge < -0.3 is 24.8 Å². The third kappa shape index (κ3) is 7.08. The van der Waals surface area contributed by atoms with E-state index in [1.807, 2.05) is 0 Å². The quantitative estimate of drug-likeness (QED) is 0.522. The lowest BCUT2D eigenvalue weighted by Crippen LogP contribution is -3.00. The van der Waals surface area contributed by atoms with Gasteiger partial charge in [0, 0.05) is 17.2 Å². The van der Waals surface area contributed by atoms with E-state index in [1.54, 1.807) is 0 Å². The van der Waals surface area contributed by atoms with Gasteiger partial charge in [-0.15, -0.1) is 0 Å². The highest BCUT2D eigenvalue weighted by molar-refractivity contribution is 7.41. The molecule has 0 aromatic heterocycles. The molecule has 0 aliphatic heterocycles. The zero-order valence-corrected chi connectivity index (χ0v) is 17.3. The lowest BCUT2D eigenvalue weighted by molar-refractivity contribution is -0.001000. The van der Waals surface area contributed by atoms with E-state index < -0.39 is 0 Å². The van der Waals surface area contributed by atoms with Crippen LogP contribution in [0.5, 0.6) is 0 Å². The fraction of sp³-hybridized carbons (Fsp3) is 0.200. The topological polar surface area (TPSA) is 0 Å². The normalized spacial score (nSPS) is 20.7. The van der Waals surface area contributed by atoms with Crippen molar-refractivity contribution in [2.24, 2.45) is 0 Å². The molecule has 0 fully saturated rings. The van der Waals surface area contributed by atoms with Crippen molar-refractivity contribution in [1.29, 1.82) is 0 Å². The van der Waals surface area contributed by atoms with Crippen LogP contribution in [0.1, 0.15) is 0 Å². The third-order valence-electron chi connectivity index (χ3n) is 4.00. The molecule has 0 saturated heterocycles. The van der Waals surface area contributed by atoms with E-state index in [4.69, 9.17) is 0 Å². The molecule has 4 aliphatic carbocycles. The number of halogens is 2. The summed E-state index contributed by atoms with van der Waals surface area (Å²) in [7, 11) is 1.01. The number of rotatable bonds is 4. The number of hydrogen-bond acceptors (Lipinski definition) is 0. The first kappa shape index (κ1) is 21.4. The first-order valence-corrected chi connectivity index (χ1v) is 10.7. The number of hydrogen-bond donors (Lipinski definition) is 0. The van der Waals surface area contributed by atoms with Gasteiger partial charge in [0.2, 0.25) is 0 Å². The van der Waals surface area contributed by atoms with E-state index in [9.17, 15) is 0 Å². The maximum absolute atomic E-state index is 2.30. The highest BCUT2D eigenvalue weighted by Gasteiger charge is 2.17. The molecule has 0 aromatic carbocycles. The Kier molecular flexibility index (Phi) is 10.6. The smallest absolute Gasteiger partial charge is 0.102 e. The summed E-state index contributed by atoms with van der Waals surface area (Å²) < 4.78 is 0. The molecule has 4 heteroatoms. The zero-order chi connectivity index (χ0) is 15.0. The maximum atomic E-state index is 2.30. The average molecular weight is 397 g/mol. The van der Waals surface area contributed by atoms with Gasteiger partial charge in [0.05, 0.1) is 0 Å². The van der Waals surface area contributed by atoms with Crippen molar-refractivity contribution in [3.05, 3.63) is 97.2 Å². The van der Waals surface area contributed by atoms with Gasteiger partial charge >= 0.3 is 0 Å². The largest absolute Gasteiger partial charge is 1.00 e. The molecule has 0 N–H and O–H groups in total. The van der Waals surface area contributed by atoms with Crippen molar-refractivity contribution in [2.75, 3.05) is 0 Å². The minimum Gasteiger partial charge on any atom is -1.00 e. The second kappa shape index (κ2) is 11.8. The second-order valence-electron chi connectivity index (χ2n) is 5.77. The molecule has 0 spiro atoms. The fourth-order valence-electron chi connectivity index (χ4n) is 2.82. The molecule has 0 radical (unpaired) electrons. The molecular formula is C20H24Cl2P2. The van der Waals surface area contributed by atoms with Gasteiger partial charge in [0.15, 0.2) is 0 Å². The van der Waals surface area contributed by atoms with E-state index in [0.29, 0.717) is 17.2 Å². The molecular weight excluding hydrogens is 373 g/mol. The van der Waals surface area contributed by atoms with Crippen molar-refractivity contribution in [2.45, 2.75) is 22.6 Å². The molecule has 0 amide bonds. The van der Waals surface area contributed by atoms with Crippen LogP contribution in [0.4, 0.5) is 0 Å². The molecule has 0 saturated carbocycles. The predicted octanol–water partition coefficient (Wildman–Crippen LogP) is -1.22. The lowest BCUT2D eigenvalue weighted by atomic mass is 10.5. The molecule has 0 aromatic rings. The Labute approximate surface area is 161 Å². The third-order valence-corrected chi connectivity index (χ3v) is 7.56. The van der Waals surface area contributed by atoms with Crippen LogP contribution >= 0.6 is 17.2 Å². The highest BCUT2D eigenvalue weighted by atomic mass is 35.5. The summed E-state index contributed by atoms with van der Waals surface area (Å²) in [5, 5.41) is 0. The van der Waals surface area contributed by atoms with Crippen LogP contribution in [0.2, 0.25) is 0 Å². The SMILES string of the molecule is C1=CC([PH2+]C2C=CC=C2)C=C1.C1=CC([PH2+]C2C=CC=C2)C=C1.[Cl-].[Cl-]. The van der Waals surface area contributed by atoms with E-state index in [1.165, 1.54) is 0 Å². The van der Waals surface area contributed by atoms with Crippen LogP contribution in [-0.2, 0) is 0 Å². The summed E-state index contributed by atoms with van der Waals surface area (Å²) in [5.74, 6) is 0. The minimum atomic E-state index is 0. The molecule has 128 valence electrons. The summed E-state index contributed by atoms with van der Waals surface area (Å²) in [4.78, 5) is 0. The van der Waals surface area contributed by atoms with Gasteiger partial charge in [0.25, 0.3) is 0 Å². The Hall–Kier alpha value is -0.640. The standard InChI is InChI=1S/2C10H11P.2ClH/c2*1-2-6-9(5-1)11-10-7-3-4-8-10;;/h2*1-11H;2*1H. The summed E-state index contributed by atoms with van der Waals surface area (Å²) >= 11 is 0. The van der Waals surface area contributed by atoms with Crippen LogP contribution in [-0.4, -0.2) is 22.6 Å². The van der Waals surface area contributed by atoms with Crippen molar-refractivity contribution >= 4 is 17.2 Å². The van der Waals surface area contributed by atoms with Crippen molar-refractivity contribution in [3.8, 4) is 0 Å². The summed E-state index contributed by atoms with van der Waals surface area (Å²) in [6.45, 7) is 0. The molecule has 0 nitrogen and oxygen atoms in total. The first-order chi connectivity index (χ1) is 10.9. The summed E-state index contributed by atoms with van der Waals surface area (Å²) in [5.41, 5.74) is 3.03. The van der Waals surface area contributed by atoms with Crippen LogP contribution in [0.15, 0.2) is 97.2 Å². The van der Waals surface area contributed by atoms with Gasteiger partial charge in [-0.3, -0.25) is 0 Å². The second-order valence-corrected chi connectivity index (χ2v) is 9.62. The van der Waals surface area contributed by atoms with E-state index in [-0.39, 0.29) is 24.8 Å². The summed E-state index contributed by atoms with van der Waals surface area (Å²) in [6.07, 6.45) is 35.6. The fourth-order valence-corrected chi connectivity index (χ4v) is 5.90. The van der Waals surface area contributed by atoms with Crippen LogP contribution in [0, 0.1) is 0 Å². The van der Waals surface area contributed by atoms with Crippen molar-refractivity contribution in [3.63, 3.8) is 0 Å². The molecule has 4 aliphatic rings. The van der Waals surface area contributed by atoms with Gasteiger partial charge in [0.1, 0.15) is 22.6 Å². The van der Waals surface area contributed by atoms with Gasteiger partial charge in [-0.1, -0.05) is 48.6 Å². The van der Waals surface area contributed by atoms with Crippen molar-refractivity contribution < 1.29 is 24.8 Å². The van der Waals surface area contributed by atoms with E-state index in [2.05, 4.69) is 97.2 Å². The predicted molar refractivity (Wildman–Crippen MR) is 108 cm³/mol. The zero-order valence-electron chi connectivity index (χ0n) is 13.5. The lowest BCUT2D eigenvalue weighted by Gasteiger charge is -2.00. The Morgan fingerprint density at radius 3 is 0.667 bits per heavy atom. The van der Waals surface area contributed by atoms with E-state index >= 15 is 0 Å². The van der Waals surface area contributed by atoms with Crippen LogP contribution < -0.4 is 24.8 Å². The Balaban J connectivity index is 0.000000222. The Bertz CT molecular complexity index is 455. The summed E-state index contributed by atoms with van der Waals surface area (Å²) in [6, 6.07) is 0. The molecule has 0 bridgehead atoms. The van der Waals surface area contributed by atoms with Gasteiger partial charge in [-0.25, -0.2) is 0 Å². The van der Waals surface area contributed by atoms with Crippen molar-refractivity contribution in [1.82, 2.24) is 0 Å². The molecule has 0 unspecified atom stereocenters. The monoisotopic (exact) mass is 396 g/mol. The van der Waals surface area contributed by atoms with Gasteiger partial charge in [-0.05, 0) is 48.6 Å². The average Bonchev–Trinajstić information content (AvgIpc) is 3.31. The minimum absolute atomic E-state index is 0. The maximum Gasteiger partial charge on any atom is 0.102 e. The van der Waals surface area contributed by atoms with Crippen LogP contribution in [0.3, 0.4) is 0 Å². The molecule has 24 heavy (non-hydrogen) atoms.